The van der Waals surface area contributed by atoms with E-state index < -0.39 is 5.82 Å². The number of hydrogen-bond acceptors (Lipinski definition) is 2. The molecule has 0 bridgehead atoms. The van der Waals surface area contributed by atoms with Crippen LogP contribution in [0.4, 0.5) is 10.1 Å². The second kappa shape index (κ2) is 7.57. The van der Waals surface area contributed by atoms with Crippen molar-refractivity contribution in [3.05, 3.63) is 64.5 Å². The molecule has 0 heterocycles. The Balaban J connectivity index is 2.20. The second-order valence-corrected chi connectivity index (χ2v) is 5.30. The predicted molar refractivity (Wildman–Crippen MR) is 88.9 cm³/mol. The summed E-state index contributed by atoms with van der Waals surface area (Å²) in [6, 6.07) is 9.45. The Kier molecular flexibility index (Phi) is 5.51. The number of aryl methyl sites for hydroxylation is 2. The number of benzene rings is 2. The normalized spacial score (nSPS) is 10.2. The number of amides is 1. The molecule has 4 heteroatoms. The fourth-order valence-corrected chi connectivity index (χ4v) is 2.27. The molecule has 2 rings (SSSR count). The third-order valence-electron chi connectivity index (χ3n) is 3.49. The van der Waals surface area contributed by atoms with Crippen molar-refractivity contribution < 1.29 is 14.3 Å². The second-order valence-electron chi connectivity index (χ2n) is 5.30. The monoisotopic (exact) mass is 311 g/mol. The van der Waals surface area contributed by atoms with Crippen LogP contribution >= 0.6 is 0 Å². The number of aliphatic hydroxyl groups excluding tert-OH is 1. The van der Waals surface area contributed by atoms with E-state index in [0.717, 1.165) is 11.1 Å². The summed E-state index contributed by atoms with van der Waals surface area (Å²) in [5, 5.41) is 11.5. The van der Waals surface area contributed by atoms with Gasteiger partial charge >= 0.3 is 0 Å². The first-order valence-electron chi connectivity index (χ1n) is 7.32. The number of rotatable bonds is 5. The molecule has 0 spiro atoms. The molecule has 0 atom stereocenters. The van der Waals surface area contributed by atoms with Crippen LogP contribution in [0.3, 0.4) is 0 Å². The van der Waals surface area contributed by atoms with Gasteiger partial charge in [-0.2, -0.15) is 0 Å². The van der Waals surface area contributed by atoms with E-state index in [1.807, 2.05) is 6.92 Å². The Morgan fingerprint density at radius 1 is 1.30 bits per heavy atom. The summed E-state index contributed by atoms with van der Waals surface area (Å²) in [5.41, 5.74) is 3.10. The number of aliphatic hydroxyl groups is 1. The molecule has 1 amide bonds. The summed E-state index contributed by atoms with van der Waals surface area (Å²) in [6.07, 6.45) is 6.49. The molecule has 23 heavy (non-hydrogen) atoms. The van der Waals surface area contributed by atoms with Crippen molar-refractivity contribution in [1.29, 1.82) is 0 Å². The molecule has 0 aliphatic carbocycles. The largest absolute Gasteiger partial charge is 0.396 e. The highest BCUT2D eigenvalue weighted by atomic mass is 19.1. The van der Waals surface area contributed by atoms with E-state index in [1.54, 1.807) is 24.3 Å². The van der Waals surface area contributed by atoms with Crippen molar-refractivity contribution in [1.82, 2.24) is 0 Å². The lowest BCUT2D eigenvalue weighted by Gasteiger charge is -2.09. The molecule has 0 unspecified atom stereocenters. The predicted octanol–water partition coefficient (Wildman–Crippen LogP) is 3.29. The Hall–Kier alpha value is -2.64. The first kappa shape index (κ1) is 16.7. The van der Waals surface area contributed by atoms with Crippen LogP contribution in [0, 0.1) is 25.1 Å². The first-order valence-corrected chi connectivity index (χ1v) is 7.32. The topological polar surface area (TPSA) is 49.3 Å². The molecule has 0 fully saturated rings. The standard InChI is InChI=1S/C19H18FNO2/c1-3-15-11-16(7-6-13(15)2)19(23)21-18-10-14(5-4-8-22)9-17(20)12-18/h1,6-7,9-12,22H,4-5,8H2,2H3,(H,21,23). The highest BCUT2D eigenvalue weighted by Gasteiger charge is 2.09. The van der Waals surface area contributed by atoms with Crippen LogP contribution in [0.1, 0.15) is 33.5 Å². The van der Waals surface area contributed by atoms with Gasteiger partial charge in [0.1, 0.15) is 5.82 Å². The maximum Gasteiger partial charge on any atom is 0.255 e. The van der Waals surface area contributed by atoms with E-state index in [1.165, 1.54) is 12.1 Å². The fourth-order valence-electron chi connectivity index (χ4n) is 2.27. The van der Waals surface area contributed by atoms with Gasteiger partial charge in [0.25, 0.3) is 5.91 Å². The molecule has 2 aromatic rings. The smallest absolute Gasteiger partial charge is 0.255 e. The van der Waals surface area contributed by atoms with E-state index in [9.17, 15) is 9.18 Å². The summed E-state index contributed by atoms with van der Waals surface area (Å²) in [6.45, 7) is 1.91. The van der Waals surface area contributed by atoms with E-state index >= 15 is 0 Å². The number of hydrogen-bond donors (Lipinski definition) is 2. The van der Waals surface area contributed by atoms with Crippen molar-refractivity contribution >= 4 is 11.6 Å². The lowest BCUT2D eigenvalue weighted by atomic mass is 10.0. The van der Waals surface area contributed by atoms with Gasteiger partial charge in [-0.25, -0.2) is 4.39 Å². The van der Waals surface area contributed by atoms with Gasteiger partial charge in [0.05, 0.1) is 0 Å². The van der Waals surface area contributed by atoms with E-state index in [-0.39, 0.29) is 12.5 Å². The maximum atomic E-state index is 13.6. The minimum atomic E-state index is -0.427. The van der Waals surface area contributed by atoms with Gasteiger partial charge in [0.2, 0.25) is 0 Å². The maximum absolute atomic E-state index is 13.6. The molecule has 0 aromatic heterocycles. The number of anilines is 1. The van der Waals surface area contributed by atoms with Crippen molar-refractivity contribution in [3.8, 4) is 12.3 Å². The Morgan fingerprint density at radius 3 is 2.78 bits per heavy atom. The van der Waals surface area contributed by atoms with Crippen LogP contribution in [-0.4, -0.2) is 17.6 Å². The van der Waals surface area contributed by atoms with Gasteiger partial charge in [-0.3, -0.25) is 4.79 Å². The summed E-state index contributed by atoms with van der Waals surface area (Å²) >= 11 is 0. The Labute approximate surface area is 135 Å². The molecule has 2 aromatic carbocycles. The summed E-state index contributed by atoms with van der Waals surface area (Å²) in [4.78, 5) is 12.3. The molecular formula is C19H18FNO2. The Bertz CT molecular complexity index is 762. The number of terminal acetylenes is 1. The zero-order valence-electron chi connectivity index (χ0n) is 12.9. The summed E-state index contributed by atoms with van der Waals surface area (Å²) in [7, 11) is 0. The third kappa shape index (κ3) is 4.41. The fraction of sp³-hybridized carbons (Fsp3) is 0.211. The number of nitrogens with one attached hydrogen (secondary N) is 1. The molecular weight excluding hydrogens is 293 g/mol. The van der Waals surface area contributed by atoms with E-state index in [0.29, 0.717) is 29.7 Å². The SMILES string of the molecule is C#Cc1cc(C(=O)Nc2cc(F)cc(CCCO)c2)ccc1C. The zero-order valence-corrected chi connectivity index (χ0v) is 12.9. The van der Waals surface area contributed by atoms with Crippen molar-refractivity contribution in [2.45, 2.75) is 19.8 Å². The third-order valence-corrected chi connectivity index (χ3v) is 3.49. The first-order chi connectivity index (χ1) is 11.0. The lowest BCUT2D eigenvalue weighted by molar-refractivity contribution is 0.102. The molecule has 3 nitrogen and oxygen atoms in total. The lowest BCUT2D eigenvalue weighted by Crippen LogP contribution is -2.12. The summed E-state index contributed by atoms with van der Waals surface area (Å²) < 4.78 is 13.6. The number of carbonyl (C=O) groups excluding carboxylic acids is 1. The average molecular weight is 311 g/mol. The average Bonchev–Trinajstić information content (AvgIpc) is 2.52. The highest BCUT2D eigenvalue weighted by Crippen LogP contribution is 2.17. The number of halogens is 1. The highest BCUT2D eigenvalue weighted by molar-refractivity contribution is 6.04. The Morgan fingerprint density at radius 2 is 2.09 bits per heavy atom. The minimum absolute atomic E-state index is 0.0381. The van der Waals surface area contributed by atoms with Gasteiger partial charge < -0.3 is 10.4 Å². The van der Waals surface area contributed by atoms with Crippen LogP contribution in [-0.2, 0) is 6.42 Å². The van der Waals surface area contributed by atoms with Crippen LogP contribution < -0.4 is 5.32 Å². The molecule has 118 valence electrons. The van der Waals surface area contributed by atoms with E-state index in [4.69, 9.17) is 11.5 Å². The van der Waals surface area contributed by atoms with Crippen molar-refractivity contribution in [3.63, 3.8) is 0 Å². The van der Waals surface area contributed by atoms with Crippen LogP contribution in [0.25, 0.3) is 0 Å². The minimum Gasteiger partial charge on any atom is -0.396 e. The van der Waals surface area contributed by atoms with Crippen LogP contribution in [0.5, 0.6) is 0 Å². The summed E-state index contributed by atoms with van der Waals surface area (Å²) in [5.74, 6) is 1.76. The van der Waals surface area contributed by atoms with Gasteiger partial charge in [0, 0.05) is 23.4 Å². The number of carbonyl (C=O) groups is 1. The molecule has 2 N–H and O–H groups in total. The van der Waals surface area contributed by atoms with Gasteiger partial charge in [-0.15, -0.1) is 6.42 Å². The van der Waals surface area contributed by atoms with Crippen LogP contribution in [0.2, 0.25) is 0 Å². The van der Waals surface area contributed by atoms with Crippen LogP contribution in [0.15, 0.2) is 36.4 Å². The van der Waals surface area contributed by atoms with Gasteiger partial charge in [-0.05, 0) is 61.2 Å². The molecule has 0 aliphatic heterocycles. The zero-order chi connectivity index (χ0) is 16.8. The quantitative estimate of drug-likeness (QED) is 0.833. The van der Waals surface area contributed by atoms with Gasteiger partial charge in [0.15, 0.2) is 0 Å². The van der Waals surface area contributed by atoms with Gasteiger partial charge in [-0.1, -0.05) is 12.0 Å². The molecule has 0 aliphatic rings. The molecule has 0 saturated carbocycles. The van der Waals surface area contributed by atoms with Crippen molar-refractivity contribution in [2.24, 2.45) is 0 Å². The van der Waals surface area contributed by atoms with E-state index in [2.05, 4.69) is 11.2 Å². The van der Waals surface area contributed by atoms with Crippen molar-refractivity contribution in [2.75, 3.05) is 11.9 Å². The molecule has 0 saturated heterocycles. The molecule has 0 radical (unpaired) electrons.